The van der Waals surface area contributed by atoms with Crippen molar-refractivity contribution < 1.29 is 9.84 Å². The van der Waals surface area contributed by atoms with Crippen LogP contribution in [0, 0.1) is 17.8 Å². The number of phenolic OH excluding ortho intramolecular Hbond substituents is 1. The number of likely N-dealkylation sites (N-methyl/N-ethyl adjacent to an activating group) is 1. The van der Waals surface area contributed by atoms with E-state index in [4.69, 9.17) is 4.74 Å². The summed E-state index contributed by atoms with van der Waals surface area (Å²) in [6.45, 7) is 16.5. The zero-order valence-corrected chi connectivity index (χ0v) is 18.9. The fraction of sp³-hybridized carbons (Fsp3) is 0.667. The number of rotatable bonds is 4. The molecule has 29 heavy (non-hydrogen) atoms. The topological polar surface area (TPSA) is 44.7 Å². The van der Waals surface area contributed by atoms with Crippen molar-refractivity contribution in [3.63, 3.8) is 0 Å². The Bertz CT molecular complexity index is 838. The molecule has 5 heteroatoms. The maximum Gasteiger partial charge on any atom is 0.243 e. The van der Waals surface area contributed by atoms with E-state index in [9.17, 15) is 5.11 Å². The highest BCUT2D eigenvalue weighted by molar-refractivity contribution is 6.30. The van der Waals surface area contributed by atoms with Gasteiger partial charge in [-0.2, -0.15) is 0 Å². The van der Waals surface area contributed by atoms with Gasteiger partial charge in [0.15, 0.2) is 5.88 Å². The molecular formula is C24H36BN2O2. The Balaban J connectivity index is 1.92. The molecule has 2 unspecified atom stereocenters. The number of nitrogens with zero attached hydrogens (tertiary/aromatic N) is 1. The van der Waals surface area contributed by atoms with Gasteiger partial charge in [-0.25, -0.2) is 0 Å². The Labute approximate surface area is 177 Å². The molecular weight excluding hydrogens is 359 g/mol. The van der Waals surface area contributed by atoms with Crippen LogP contribution >= 0.6 is 0 Å². The van der Waals surface area contributed by atoms with E-state index in [1.807, 2.05) is 20.3 Å². The highest BCUT2D eigenvalue weighted by atomic mass is 16.5. The summed E-state index contributed by atoms with van der Waals surface area (Å²) in [6, 6.07) is 4.56. The van der Waals surface area contributed by atoms with Crippen molar-refractivity contribution in [2.24, 2.45) is 10.8 Å². The van der Waals surface area contributed by atoms with E-state index in [0.29, 0.717) is 17.7 Å². The van der Waals surface area contributed by atoms with Crippen LogP contribution in [0.15, 0.2) is 24.6 Å². The number of hydrogen-bond acceptors (Lipinski definition) is 4. The summed E-state index contributed by atoms with van der Waals surface area (Å²) < 4.78 is 6.43. The Kier molecular flexibility index (Phi) is 4.77. The van der Waals surface area contributed by atoms with Crippen LogP contribution in [0.25, 0.3) is 0 Å². The van der Waals surface area contributed by atoms with Gasteiger partial charge in [-0.3, -0.25) is 0 Å². The number of likely N-dealkylation sites (tertiary alicyclic amines) is 1. The number of ether oxygens (including phenoxy) is 1. The molecule has 2 bridgehead atoms. The fourth-order valence-corrected chi connectivity index (χ4v) is 7.48. The summed E-state index contributed by atoms with van der Waals surface area (Å²) in [6.07, 6.45) is 4.36. The van der Waals surface area contributed by atoms with Crippen molar-refractivity contribution >= 4 is 7.41 Å². The maximum atomic E-state index is 10.7. The maximum absolute atomic E-state index is 10.7. The fourth-order valence-electron chi connectivity index (χ4n) is 7.48. The normalized spacial score (nSPS) is 35.2. The van der Waals surface area contributed by atoms with Gasteiger partial charge in [-0.05, 0) is 81.0 Å². The molecule has 1 aromatic rings. The van der Waals surface area contributed by atoms with Crippen molar-refractivity contribution in [3.8, 4) is 5.75 Å². The van der Waals surface area contributed by atoms with E-state index in [2.05, 4.69) is 57.5 Å². The summed E-state index contributed by atoms with van der Waals surface area (Å²) in [5, 5.41) is 13.8. The van der Waals surface area contributed by atoms with E-state index in [1.54, 1.807) is 0 Å². The van der Waals surface area contributed by atoms with Gasteiger partial charge in [0.1, 0.15) is 11.9 Å². The first-order chi connectivity index (χ1) is 13.6. The lowest BCUT2D eigenvalue weighted by atomic mass is 9.36. The molecule has 0 spiro atoms. The molecule has 4 rings (SSSR count). The highest BCUT2D eigenvalue weighted by Gasteiger charge is 2.70. The zero-order valence-electron chi connectivity index (χ0n) is 18.9. The van der Waals surface area contributed by atoms with Crippen molar-refractivity contribution in [3.05, 3.63) is 41.3 Å². The van der Waals surface area contributed by atoms with Crippen molar-refractivity contribution in [2.45, 2.75) is 77.8 Å². The van der Waals surface area contributed by atoms with Crippen LogP contribution in [0.5, 0.6) is 5.75 Å². The first kappa shape index (κ1) is 20.6. The summed E-state index contributed by atoms with van der Waals surface area (Å²) in [5.41, 5.74) is 3.84. The molecule has 2 aliphatic carbocycles. The third-order valence-electron chi connectivity index (χ3n) is 8.87. The smallest absolute Gasteiger partial charge is 0.243 e. The minimum absolute atomic E-state index is 0.0489. The lowest BCUT2D eigenvalue weighted by molar-refractivity contribution is -0.184. The van der Waals surface area contributed by atoms with Crippen LogP contribution in [-0.2, 0) is 16.6 Å². The minimum atomic E-state index is -0.106. The largest absolute Gasteiger partial charge is 0.508 e. The summed E-state index contributed by atoms with van der Waals surface area (Å²) in [4.78, 5) is 2.58. The second-order valence-corrected chi connectivity index (χ2v) is 10.2. The Morgan fingerprint density at radius 2 is 2.03 bits per heavy atom. The molecule has 1 radical (unpaired) electrons. The third-order valence-corrected chi connectivity index (χ3v) is 8.87. The van der Waals surface area contributed by atoms with E-state index in [1.165, 1.54) is 11.1 Å². The second kappa shape index (κ2) is 6.70. The quantitative estimate of drug-likeness (QED) is 0.594. The molecule has 1 saturated heterocycles. The van der Waals surface area contributed by atoms with Gasteiger partial charge in [-0.1, -0.05) is 33.7 Å². The predicted octanol–water partition coefficient (Wildman–Crippen LogP) is 4.14. The number of phenols is 1. The van der Waals surface area contributed by atoms with Crippen LogP contribution in [-0.4, -0.2) is 43.2 Å². The lowest BCUT2D eigenvalue weighted by Gasteiger charge is -2.71. The number of nitrogens with one attached hydrogen (secondary N) is 1. The van der Waals surface area contributed by atoms with E-state index >= 15 is 0 Å². The monoisotopic (exact) mass is 395 g/mol. The molecule has 2 N–H and O–H groups in total. The summed E-state index contributed by atoms with van der Waals surface area (Å²) in [7, 11) is 4.15. The zero-order chi connectivity index (χ0) is 21.2. The standard InChI is InChI=1S/C24H36BN2O2/c1-15-18(28)9-8-17-14-19-23(5)11-10-20(29-16(2)26-25-6)22(3,4)24(23,21(15)17)12-13-27(19)7/h8-9,19-20,26,28H,2,10-14H2,1,3-7H3/t19-,20?,23?,24+/m1/s1. The lowest BCUT2D eigenvalue weighted by Crippen LogP contribution is -2.73. The number of aromatic hydroxyl groups is 1. The van der Waals surface area contributed by atoms with Crippen LogP contribution < -0.4 is 5.23 Å². The molecule has 1 aromatic carbocycles. The van der Waals surface area contributed by atoms with Crippen molar-refractivity contribution in [2.75, 3.05) is 13.6 Å². The van der Waals surface area contributed by atoms with Gasteiger partial charge in [0.2, 0.25) is 7.41 Å². The number of hydrogen-bond donors (Lipinski definition) is 2. The molecule has 1 aliphatic heterocycles. The molecule has 2 fully saturated rings. The molecule has 3 aliphatic rings. The number of benzene rings is 1. The molecule has 4 nitrogen and oxygen atoms in total. The van der Waals surface area contributed by atoms with E-state index < -0.39 is 0 Å². The third kappa shape index (κ3) is 2.55. The van der Waals surface area contributed by atoms with Gasteiger partial charge in [-0.15, -0.1) is 0 Å². The van der Waals surface area contributed by atoms with Gasteiger partial charge in [0.05, 0.1) is 0 Å². The molecule has 1 heterocycles. The van der Waals surface area contributed by atoms with Crippen LogP contribution in [0.4, 0.5) is 0 Å². The number of fused-ring (bicyclic) bond motifs is 1. The predicted molar refractivity (Wildman–Crippen MR) is 119 cm³/mol. The van der Waals surface area contributed by atoms with Gasteiger partial charge < -0.3 is 20.0 Å². The Hall–Kier alpha value is -1.62. The van der Waals surface area contributed by atoms with Gasteiger partial charge >= 0.3 is 0 Å². The van der Waals surface area contributed by atoms with Crippen LogP contribution in [0.1, 0.15) is 56.7 Å². The second-order valence-electron chi connectivity index (χ2n) is 10.2. The average molecular weight is 395 g/mol. The van der Waals surface area contributed by atoms with Crippen LogP contribution in [0.2, 0.25) is 6.82 Å². The highest BCUT2D eigenvalue weighted by Crippen LogP contribution is 2.70. The Morgan fingerprint density at radius 3 is 2.72 bits per heavy atom. The number of piperidine rings is 1. The van der Waals surface area contributed by atoms with Crippen LogP contribution in [0.3, 0.4) is 0 Å². The van der Waals surface area contributed by atoms with Crippen molar-refractivity contribution in [1.82, 2.24) is 10.1 Å². The first-order valence-electron chi connectivity index (χ1n) is 11.0. The van der Waals surface area contributed by atoms with E-state index in [-0.39, 0.29) is 22.3 Å². The first-order valence-corrected chi connectivity index (χ1v) is 11.0. The summed E-state index contributed by atoms with van der Waals surface area (Å²) in [5.74, 6) is 1.04. The SMILES string of the molecule is C=C(N[B]C)OC1CCC2(C)[C@H]3Cc4ccc(O)c(C)c4[C@@]2(CCN3C)C1(C)C. The van der Waals surface area contributed by atoms with Gasteiger partial charge in [0, 0.05) is 16.9 Å². The Morgan fingerprint density at radius 1 is 1.31 bits per heavy atom. The summed E-state index contributed by atoms with van der Waals surface area (Å²) >= 11 is 0. The van der Waals surface area contributed by atoms with Gasteiger partial charge in [0.25, 0.3) is 0 Å². The minimum Gasteiger partial charge on any atom is -0.508 e. The molecule has 0 aromatic heterocycles. The molecule has 4 atom stereocenters. The van der Waals surface area contributed by atoms with E-state index in [0.717, 1.165) is 37.8 Å². The molecule has 1 saturated carbocycles. The molecule has 157 valence electrons. The van der Waals surface area contributed by atoms with Crippen molar-refractivity contribution in [1.29, 1.82) is 0 Å². The molecule has 0 amide bonds. The average Bonchev–Trinajstić information content (AvgIpc) is 2.64.